The van der Waals surface area contributed by atoms with Crippen LogP contribution in [0.5, 0.6) is 11.5 Å². The second kappa shape index (κ2) is 9.39. The topological polar surface area (TPSA) is 56.5 Å². The molecule has 0 saturated carbocycles. The average molecular weight is 278 g/mol. The van der Waals surface area contributed by atoms with Crippen LogP contribution in [0.25, 0.3) is 0 Å². The Hall–Kier alpha value is -1.52. The van der Waals surface area contributed by atoms with E-state index in [1.807, 2.05) is 38.1 Å². The Balaban J connectivity index is 2.86. The normalized spacial score (nSPS) is 11.9. The van der Waals surface area contributed by atoms with E-state index in [0.29, 0.717) is 13.2 Å². The Bertz CT molecular complexity index is 407. The first-order valence-corrected chi connectivity index (χ1v) is 7.23. The predicted octanol–water partition coefficient (Wildman–Crippen LogP) is 3.34. The summed E-state index contributed by atoms with van der Waals surface area (Å²) in [6.45, 7) is 8.90. The maximum absolute atomic E-state index is 5.66. The molecule has 1 rings (SSSR count). The van der Waals surface area contributed by atoms with Gasteiger partial charge in [-0.25, -0.2) is 0 Å². The van der Waals surface area contributed by atoms with Crippen molar-refractivity contribution >= 4 is 0 Å². The lowest BCUT2D eigenvalue weighted by Crippen LogP contribution is -2.28. The van der Waals surface area contributed by atoms with Crippen LogP contribution < -0.4 is 20.7 Å². The number of nitrogens with two attached hydrogens (primary N) is 1. The second-order valence-corrected chi connectivity index (χ2v) is 4.51. The number of hydrazine groups is 1. The molecule has 112 valence electrons. The molecule has 1 aromatic carbocycles. The fourth-order valence-electron chi connectivity index (χ4n) is 2.10. The van der Waals surface area contributed by atoms with Gasteiger partial charge in [0.05, 0.1) is 13.2 Å². The molecule has 0 radical (unpaired) electrons. The van der Waals surface area contributed by atoms with Crippen molar-refractivity contribution in [1.29, 1.82) is 0 Å². The van der Waals surface area contributed by atoms with Crippen LogP contribution in [0.1, 0.15) is 44.7 Å². The summed E-state index contributed by atoms with van der Waals surface area (Å²) in [5.74, 6) is 7.21. The lowest BCUT2D eigenvalue weighted by atomic mass is 10.0. The highest BCUT2D eigenvalue weighted by Gasteiger charge is 2.13. The van der Waals surface area contributed by atoms with Crippen LogP contribution in [-0.4, -0.2) is 13.2 Å². The van der Waals surface area contributed by atoms with E-state index in [9.17, 15) is 0 Å². The van der Waals surface area contributed by atoms with Crippen LogP contribution in [0.15, 0.2) is 30.9 Å². The van der Waals surface area contributed by atoms with Gasteiger partial charge in [0.2, 0.25) is 0 Å². The molecule has 0 aliphatic rings. The average Bonchev–Trinajstić information content (AvgIpc) is 2.46. The molecule has 1 unspecified atom stereocenters. The highest BCUT2D eigenvalue weighted by Crippen LogP contribution is 2.31. The molecular formula is C16H26N2O2. The maximum Gasteiger partial charge on any atom is 0.161 e. The van der Waals surface area contributed by atoms with Gasteiger partial charge in [-0.3, -0.25) is 11.3 Å². The third kappa shape index (κ3) is 4.87. The molecule has 20 heavy (non-hydrogen) atoms. The van der Waals surface area contributed by atoms with E-state index in [1.54, 1.807) is 0 Å². The zero-order chi connectivity index (χ0) is 14.8. The lowest BCUT2D eigenvalue weighted by molar-refractivity contribution is 0.287. The Morgan fingerprint density at radius 3 is 2.55 bits per heavy atom. The molecule has 0 spiro atoms. The van der Waals surface area contributed by atoms with Gasteiger partial charge in [0.15, 0.2) is 11.5 Å². The molecule has 0 heterocycles. The van der Waals surface area contributed by atoms with Crippen LogP contribution in [0, 0.1) is 0 Å². The monoisotopic (exact) mass is 278 g/mol. The Morgan fingerprint density at radius 1 is 1.25 bits per heavy atom. The zero-order valence-corrected chi connectivity index (χ0v) is 12.5. The first kappa shape index (κ1) is 16.5. The maximum atomic E-state index is 5.66. The van der Waals surface area contributed by atoms with Crippen molar-refractivity contribution < 1.29 is 9.47 Å². The molecule has 0 saturated heterocycles. The van der Waals surface area contributed by atoms with Gasteiger partial charge >= 0.3 is 0 Å². The zero-order valence-electron chi connectivity index (χ0n) is 12.5. The summed E-state index contributed by atoms with van der Waals surface area (Å²) in [6.07, 6.45) is 4.93. The molecule has 3 N–H and O–H groups in total. The second-order valence-electron chi connectivity index (χ2n) is 4.51. The summed E-state index contributed by atoms with van der Waals surface area (Å²) in [5.41, 5.74) is 3.98. The SMILES string of the molecule is C=CCCCC(NN)c1ccc(OCC)c(OCC)c1. The highest BCUT2D eigenvalue weighted by molar-refractivity contribution is 5.44. The number of rotatable bonds is 10. The van der Waals surface area contributed by atoms with Gasteiger partial charge in [-0.05, 0) is 50.8 Å². The minimum Gasteiger partial charge on any atom is -0.490 e. The molecule has 0 aromatic heterocycles. The molecule has 0 aliphatic carbocycles. The highest BCUT2D eigenvalue weighted by atomic mass is 16.5. The molecule has 0 amide bonds. The van der Waals surface area contributed by atoms with E-state index >= 15 is 0 Å². The third-order valence-electron chi connectivity index (χ3n) is 3.07. The molecular weight excluding hydrogens is 252 g/mol. The smallest absolute Gasteiger partial charge is 0.161 e. The van der Waals surface area contributed by atoms with Crippen LogP contribution in [0.3, 0.4) is 0 Å². The number of hydrogen-bond acceptors (Lipinski definition) is 4. The van der Waals surface area contributed by atoms with Gasteiger partial charge in [0, 0.05) is 6.04 Å². The van der Waals surface area contributed by atoms with E-state index in [0.717, 1.165) is 36.3 Å². The summed E-state index contributed by atoms with van der Waals surface area (Å²) in [4.78, 5) is 0. The standard InChI is InChI=1S/C16H26N2O2/c1-4-7-8-9-14(18-17)13-10-11-15(19-5-2)16(12-13)20-6-3/h4,10-12,14,18H,1,5-9,17H2,2-3H3. The summed E-state index contributed by atoms with van der Waals surface area (Å²) >= 11 is 0. The first-order chi connectivity index (χ1) is 9.76. The predicted molar refractivity (Wildman–Crippen MR) is 82.9 cm³/mol. The van der Waals surface area contributed by atoms with Crippen molar-refractivity contribution in [3.05, 3.63) is 36.4 Å². The van der Waals surface area contributed by atoms with Gasteiger partial charge in [0.1, 0.15) is 0 Å². The quantitative estimate of drug-likeness (QED) is 0.298. The van der Waals surface area contributed by atoms with Crippen molar-refractivity contribution in [3.63, 3.8) is 0 Å². The van der Waals surface area contributed by atoms with Crippen molar-refractivity contribution in [2.45, 2.75) is 39.2 Å². The van der Waals surface area contributed by atoms with Gasteiger partial charge < -0.3 is 9.47 Å². The Kier molecular flexibility index (Phi) is 7.77. The van der Waals surface area contributed by atoms with Crippen LogP contribution in [0.2, 0.25) is 0 Å². The number of nitrogens with one attached hydrogen (secondary N) is 1. The number of hydrogen-bond donors (Lipinski definition) is 2. The minimum absolute atomic E-state index is 0.116. The molecule has 0 aliphatic heterocycles. The molecule has 0 fully saturated rings. The third-order valence-corrected chi connectivity index (χ3v) is 3.07. The van der Waals surface area contributed by atoms with Gasteiger partial charge in [-0.15, -0.1) is 6.58 Å². The van der Waals surface area contributed by atoms with Crippen molar-refractivity contribution in [1.82, 2.24) is 5.43 Å². The molecule has 1 aromatic rings. The molecule has 4 heteroatoms. The van der Waals surface area contributed by atoms with E-state index in [-0.39, 0.29) is 6.04 Å². The van der Waals surface area contributed by atoms with Crippen molar-refractivity contribution in [2.75, 3.05) is 13.2 Å². The van der Waals surface area contributed by atoms with Crippen LogP contribution in [0.4, 0.5) is 0 Å². The van der Waals surface area contributed by atoms with Crippen LogP contribution in [-0.2, 0) is 0 Å². The van der Waals surface area contributed by atoms with E-state index in [2.05, 4.69) is 12.0 Å². The largest absolute Gasteiger partial charge is 0.490 e. The lowest BCUT2D eigenvalue weighted by Gasteiger charge is -2.18. The summed E-state index contributed by atoms with van der Waals surface area (Å²) in [7, 11) is 0. The number of benzene rings is 1. The summed E-state index contributed by atoms with van der Waals surface area (Å²) in [6, 6.07) is 6.10. The number of ether oxygens (including phenoxy) is 2. The summed E-state index contributed by atoms with van der Waals surface area (Å²) in [5, 5.41) is 0. The van der Waals surface area contributed by atoms with Crippen LogP contribution >= 0.6 is 0 Å². The number of unbranched alkanes of at least 4 members (excludes halogenated alkanes) is 1. The molecule has 1 atom stereocenters. The van der Waals surface area contributed by atoms with E-state index < -0.39 is 0 Å². The molecule has 0 bridgehead atoms. The van der Waals surface area contributed by atoms with E-state index in [1.165, 1.54) is 0 Å². The summed E-state index contributed by atoms with van der Waals surface area (Å²) < 4.78 is 11.2. The number of allylic oxidation sites excluding steroid dienone is 1. The van der Waals surface area contributed by atoms with Gasteiger partial charge in [0.25, 0.3) is 0 Å². The fraction of sp³-hybridized carbons (Fsp3) is 0.500. The first-order valence-electron chi connectivity index (χ1n) is 7.23. The van der Waals surface area contributed by atoms with E-state index in [4.69, 9.17) is 15.3 Å². The molecule has 4 nitrogen and oxygen atoms in total. The Morgan fingerprint density at radius 2 is 1.95 bits per heavy atom. The van der Waals surface area contributed by atoms with Crippen molar-refractivity contribution in [3.8, 4) is 11.5 Å². The minimum atomic E-state index is 0.116. The van der Waals surface area contributed by atoms with Gasteiger partial charge in [-0.2, -0.15) is 0 Å². The Labute approximate surface area is 121 Å². The fourth-order valence-corrected chi connectivity index (χ4v) is 2.10. The van der Waals surface area contributed by atoms with Gasteiger partial charge in [-0.1, -0.05) is 12.1 Å². The van der Waals surface area contributed by atoms with Crippen molar-refractivity contribution in [2.24, 2.45) is 5.84 Å².